The molecule has 2 N–H and O–H groups in total. The van der Waals surface area contributed by atoms with Gasteiger partial charge >= 0.3 is 0 Å². The molecule has 0 saturated carbocycles. The maximum Gasteiger partial charge on any atom is 0.0943 e. The first-order valence-corrected chi connectivity index (χ1v) is 5.06. The van der Waals surface area contributed by atoms with E-state index < -0.39 is 0 Å². The lowest BCUT2D eigenvalue weighted by molar-refractivity contribution is 0.701. The van der Waals surface area contributed by atoms with Gasteiger partial charge in [0.2, 0.25) is 0 Å². The van der Waals surface area contributed by atoms with E-state index in [1.54, 1.807) is 0 Å². The molecule has 0 aromatic carbocycles. The van der Waals surface area contributed by atoms with Crippen LogP contribution in [0.15, 0.2) is 18.2 Å². The van der Waals surface area contributed by atoms with Crippen molar-refractivity contribution in [2.75, 3.05) is 0 Å². The van der Waals surface area contributed by atoms with Gasteiger partial charge in [-0.1, -0.05) is 6.08 Å². The third-order valence-corrected chi connectivity index (χ3v) is 2.80. The third kappa shape index (κ3) is 1.37. The molecule has 0 bridgehead atoms. The van der Waals surface area contributed by atoms with E-state index in [2.05, 4.69) is 4.98 Å². The summed E-state index contributed by atoms with van der Waals surface area (Å²) in [7, 11) is 0. The van der Waals surface area contributed by atoms with Crippen LogP contribution in [0.3, 0.4) is 0 Å². The minimum absolute atomic E-state index is 0.523. The molecule has 2 rings (SSSR count). The van der Waals surface area contributed by atoms with Gasteiger partial charge in [0.15, 0.2) is 0 Å². The second-order valence-corrected chi connectivity index (χ2v) is 3.88. The molecule has 1 aromatic heterocycles. The Hall–Kier alpha value is -1.42. The molecular formula is C10H10N2OS. The Kier molecular flexibility index (Phi) is 2.21. The quantitative estimate of drug-likeness (QED) is 0.640. The summed E-state index contributed by atoms with van der Waals surface area (Å²) in [5.74, 6) is 0. The summed E-state index contributed by atoms with van der Waals surface area (Å²) in [6.45, 7) is 1.91. The number of fused-ring (bicyclic) bond motifs is 1. The number of allylic oxidation sites excluding steroid dienone is 1. The average molecular weight is 206 g/mol. The molecule has 0 amide bonds. The fourth-order valence-corrected chi connectivity index (χ4v) is 1.90. The number of nitrogens with two attached hydrogens (primary N) is 1. The highest BCUT2D eigenvalue weighted by molar-refractivity contribution is 7.67. The Balaban J connectivity index is 2.71. The van der Waals surface area contributed by atoms with Crippen molar-refractivity contribution >= 4 is 21.8 Å². The van der Waals surface area contributed by atoms with Gasteiger partial charge in [-0.2, -0.15) is 0 Å². The maximum atomic E-state index is 10.8. The largest absolute Gasteiger partial charge is 0.397 e. The number of rotatable bonds is 0. The Morgan fingerprint density at radius 2 is 2.29 bits per heavy atom. The summed E-state index contributed by atoms with van der Waals surface area (Å²) in [5, 5.41) is 0. The molecule has 0 spiro atoms. The standard InChI is InChI=1S/C10H10N2OS/c1-6-2-3-7-9(14-13)5-4-8(11)10(7)12-6/h2-4H,5,11H2,1H3. The topological polar surface area (TPSA) is 56.0 Å². The lowest BCUT2D eigenvalue weighted by Crippen LogP contribution is -2.14. The van der Waals surface area contributed by atoms with Crippen LogP contribution in [-0.4, -0.2) is 14.1 Å². The summed E-state index contributed by atoms with van der Waals surface area (Å²) < 4.78 is 10.8. The van der Waals surface area contributed by atoms with Gasteiger partial charge in [-0.15, -0.1) is 0 Å². The Morgan fingerprint density at radius 1 is 1.50 bits per heavy atom. The average Bonchev–Trinajstić information content (AvgIpc) is 2.19. The van der Waals surface area contributed by atoms with Crippen molar-refractivity contribution in [3.63, 3.8) is 0 Å². The Morgan fingerprint density at radius 3 is 3.00 bits per heavy atom. The van der Waals surface area contributed by atoms with Crippen LogP contribution < -0.4 is 5.73 Å². The minimum Gasteiger partial charge on any atom is -0.397 e. The summed E-state index contributed by atoms with van der Waals surface area (Å²) in [4.78, 5) is 5.12. The van der Waals surface area contributed by atoms with Crippen molar-refractivity contribution in [1.82, 2.24) is 4.98 Å². The van der Waals surface area contributed by atoms with Gasteiger partial charge in [0.1, 0.15) is 0 Å². The van der Waals surface area contributed by atoms with Crippen LogP contribution in [0.1, 0.15) is 23.4 Å². The fourth-order valence-electron chi connectivity index (χ4n) is 1.49. The first kappa shape index (κ1) is 9.15. The summed E-state index contributed by atoms with van der Waals surface area (Å²) >= 11 is 0.523. The van der Waals surface area contributed by atoms with E-state index in [-0.39, 0.29) is 0 Å². The number of hydrogen-bond acceptors (Lipinski definition) is 3. The van der Waals surface area contributed by atoms with Crippen molar-refractivity contribution in [2.24, 2.45) is 5.73 Å². The van der Waals surface area contributed by atoms with Gasteiger partial charge in [-0.25, -0.2) is 4.21 Å². The Labute approximate surface area is 85.7 Å². The van der Waals surface area contributed by atoms with Crippen LogP contribution >= 0.6 is 0 Å². The summed E-state index contributed by atoms with van der Waals surface area (Å²) in [6, 6.07) is 3.81. The van der Waals surface area contributed by atoms with Gasteiger partial charge in [-0.05, 0) is 19.1 Å². The zero-order valence-corrected chi connectivity index (χ0v) is 8.60. The first-order chi connectivity index (χ1) is 6.72. The number of aryl methyl sites for hydroxylation is 1. The third-order valence-electron chi connectivity index (χ3n) is 2.22. The molecular weight excluding hydrogens is 196 g/mol. The molecule has 3 nitrogen and oxygen atoms in total. The highest BCUT2D eigenvalue weighted by Crippen LogP contribution is 2.21. The Bertz CT molecular complexity index is 473. The summed E-state index contributed by atoms with van der Waals surface area (Å²) in [6.07, 6.45) is 2.47. The first-order valence-electron chi connectivity index (χ1n) is 4.32. The van der Waals surface area contributed by atoms with E-state index in [9.17, 15) is 4.21 Å². The number of hydrogen-bond donors (Lipinski definition) is 1. The van der Waals surface area contributed by atoms with Crippen molar-refractivity contribution in [3.05, 3.63) is 35.2 Å². The van der Waals surface area contributed by atoms with Gasteiger partial charge in [0.25, 0.3) is 0 Å². The molecule has 4 heteroatoms. The van der Waals surface area contributed by atoms with Gasteiger partial charge in [0.05, 0.1) is 27.5 Å². The van der Waals surface area contributed by atoms with Crippen LogP contribution in [-0.2, 0) is 11.3 Å². The van der Waals surface area contributed by atoms with E-state index in [4.69, 9.17) is 5.73 Å². The number of pyridine rings is 1. The van der Waals surface area contributed by atoms with E-state index in [0.717, 1.165) is 21.8 Å². The van der Waals surface area contributed by atoms with Gasteiger partial charge in [0, 0.05) is 17.7 Å². The van der Waals surface area contributed by atoms with Crippen LogP contribution in [0.5, 0.6) is 0 Å². The number of nitrogens with zero attached hydrogens (tertiary/aromatic N) is 1. The molecule has 14 heavy (non-hydrogen) atoms. The fraction of sp³-hybridized carbons (Fsp3) is 0.200. The molecule has 0 unspecified atom stereocenters. The van der Waals surface area contributed by atoms with E-state index in [0.29, 0.717) is 23.4 Å². The molecule has 1 aliphatic rings. The molecule has 0 radical (unpaired) electrons. The lowest BCUT2D eigenvalue weighted by atomic mass is 9.99. The second-order valence-electron chi connectivity index (χ2n) is 3.22. The lowest BCUT2D eigenvalue weighted by Gasteiger charge is -2.14. The molecule has 0 saturated heterocycles. The van der Waals surface area contributed by atoms with Crippen LogP contribution in [0.2, 0.25) is 0 Å². The predicted octanol–water partition coefficient (Wildman–Crippen LogP) is 0.827. The molecule has 0 aliphatic heterocycles. The monoisotopic (exact) mass is 206 g/mol. The second kappa shape index (κ2) is 3.38. The van der Waals surface area contributed by atoms with E-state index in [1.807, 2.05) is 25.1 Å². The highest BCUT2D eigenvalue weighted by atomic mass is 32.1. The normalized spacial score (nSPS) is 14.6. The van der Waals surface area contributed by atoms with Crippen molar-refractivity contribution in [2.45, 2.75) is 13.3 Å². The van der Waals surface area contributed by atoms with Gasteiger partial charge < -0.3 is 5.73 Å². The molecule has 1 aliphatic carbocycles. The molecule has 1 heterocycles. The molecule has 0 fully saturated rings. The predicted molar refractivity (Wildman–Crippen MR) is 58.0 cm³/mol. The van der Waals surface area contributed by atoms with Gasteiger partial charge in [-0.3, -0.25) is 4.98 Å². The zero-order chi connectivity index (χ0) is 10.1. The van der Waals surface area contributed by atoms with Crippen LogP contribution in [0.4, 0.5) is 0 Å². The van der Waals surface area contributed by atoms with E-state index in [1.165, 1.54) is 0 Å². The molecule has 72 valence electrons. The smallest absolute Gasteiger partial charge is 0.0943 e. The van der Waals surface area contributed by atoms with Crippen molar-refractivity contribution < 1.29 is 4.21 Å². The van der Waals surface area contributed by atoms with E-state index >= 15 is 0 Å². The van der Waals surface area contributed by atoms with Crippen molar-refractivity contribution in [1.29, 1.82) is 0 Å². The molecule has 0 atom stereocenters. The van der Waals surface area contributed by atoms with Crippen LogP contribution in [0.25, 0.3) is 5.70 Å². The SMILES string of the molecule is Cc1ccc2c(n1)C(N)=CCC2=S=O. The summed E-state index contributed by atoms with van der Waals surface area (Å²) in [5.41, 5.74) is 9.02. The minimum atomic E-state index is 0.523. The zero-order valence-electron chi connectivity index (χ0n) is 7.78. The number of aromatic nitrogens is 1. The maximum absolute atomic E-state index is 10.8. The van der Waals surface area contributed by atoms with Crippen LogP contribution in [0, 0.1) is 6.92 Å². The molecule has 1 aromatic rings. The van der Waals surface area contributed by atoms with Crippen molar-refractivity contribution in [3.8, 4) is 0 Å². The highest BCUT2D eigenvalue weighted by Gasteiger charge is 2.16.